The van der Waals surface area contributed by atoms with Crippen molar-refractivity contribution in [3.63, 3.8) is 0 Å². The summed E-state index contributed by atoms with van der Waals surface area (Å²) in [7, 11) is 1.36. The SMILES string of the molecule is CCOc1ccccc1OCCC(C)(CN)C(=O)OC. The molecule has 2 N–H and O–H groups in total. The predicted octanol–water partition coefficient (Wildman–Crippen LogP) is 1.99. The Kier molecular flexibility index (Phi) is 6.31. The van der Waals surface area contributed by atoms with E-state index in [-0.39, 0.29) is 12.5 Å². The Bertz CT molecular complexity index is 436. The van der Waals surface area contributed by atoms with Crippen LogP contribution < -0.4 is 15.2 Å². The van der Waals surface area contributed by atoms with Gasteiger partial charge in [-0.1, -0.05) is 12.1 Å². The van der Waals surface area contributed by atoms with E-state index in [1.807, 2.05) is 31.2 Å². The molecule has 1 rings (SSSR count). The molecule has 5 nitrogen and oxygen atoms in total. The van der Waals surface area contributed by atoms with Crippen molar-refractivity contribution in [2.45, 2.75) is 20.3 Å². The number of methoxy groups -OCH3 is 1. The second-order valence-corrected chi connectivity index (χ2v) is 4.73. The van der Waals surface area contributed by atoms with Crippen LogP contribution in [0.15, 0.2) is 24.3 Å². The van der Waals surface area contributed by atoms with Crippen molar-refractivity contribution < 1.29 is 19.0 Å². The monoisotopic (exact) mass is 281 g/mol. The molecule has 0 fully saturated rings. The van der Waals surface area contributed by atoms with Crippen molar-refractivity contribution in [1.82, 2.24) is 0 Å². The smallest absolute Gasteiger partial charge is 0.312 e. The van der Waals surface area contributed by atoms with E-state index in [0.717, 1.165) is 0 Å². The van der Waals surface area contributed by atoms with Crippen LogP contribution >= 0.6 is 0 Å². The first-order chi connectivity index (χ1) is 9.57. The van der Waals surface area contributed by atoms with Gasteiger partial charge in [0, 0.05) is 6.54 Å². The zero-order valence-electron chi connectivity index (χ0n) is 12.3. The lowest BCUT2D eigenvalue weighted by atomic mass is 9.87. The highest BCUT2D eigenvalue weighted by Gasteiger charge is 2.32. The quantitative estimate of drug-likeness (QED) is 0.738. The fourth-order valence-corrected chi connectivity index (χ4v) is 1.76. The summed E-state index contributed by atoms with van der Waals surface area (Å²) < 4.78 is 15.9. The van der Waals surface area contributed by atoms with E-state index >= 15 is 0 Å². The first-order valence-electron chi connectivity index (χ1n) is 6.70. The van der Waals surface area contributed by atoms with E-state index in [0.29, 0.717) is 31.1 Å². The van der Waals surface area contributed by atoms with Gasteiger partial charge in [-0.25, -0.2) is 0 Å². The predicted molar refractivity (Wildman–Crippen MR) is 76.9 cm³/mol. The number of hydrogen-bond donors (Lipinski definition) is 1. The third-order valence-corrected chi connectivity index (χ3v) is 3.19. The van der Waals surface area contributed by atoms with Crippen LogP contribution in [-0.2, 0) is 9.53 Å². The fraction of sp³-hybridized carbons (Fsp3) is 0.533. The number of para-hydroxylation sites is 2. The average Bonchev–Trinajstić information content (AvgIpc) is 2.48. The molecule has 112 valence electrons. The van der Waals surface area contributed by atoms with Gasteiger partial charge in [-0.15, -0.1) is 0 Å². The second kappa shape index (κ2) is 7.75. The molecule has 1 unspecified atom stereocenters. The van der Waals surface area contributed by atoms with Crippen molar-refractivity contribution in [2.24, 2.45) is 11.1 Å². The van der Waals surface area contributed by atoms with Crippen LogP contribution in [0.25, 0.3) is 0 Å². The first kappa shape index (κ1) is 16.3. The van der Waals surface area contributed by atoms with Gasteiger partial charge < -0.3 is 19.9 Å². The zero-order valence-corrected chi connectivity index (χ0v) is 12.3. The van der Waals surface area contributed by atoms with E-state index in [9.17, 15) is 4.79 Å². The Balaban J connectivity index is 2.61. The minimum absolute atomic E-state index is 0.218. The molecule has 1 aromatic rings. The first-order valence-corrected chi connectivity index (χ1v) is 6.70. The minimum Gasteiger partial charge on any atom is -0.490 e. The molecule has 5 heteroatoms. The summed E-state index contributed by atoms with van der Waals surface area (Å²) in [5, 5.41) is 0. The number of benzene rings is 1. The summed E-state index contributed by atoms with van der Waals surface area (Å²) in [6.07, 6.45) is 0.483. The molecule has 0 saturated heterocycles. The number of esters is 1. The second-order valence-electron chi connectivity index (χ2n) is 4.73. The van der Waals surface area contributed by atoms with E-state index in [1.165, 1.54) is 7.11 Å². The summed E-state index contributed by atoms with van der Waals surface area (Å²) >= 11 is 0. The lowest BCUT2D eigenvalue weighted by Crippen LogP contribution is -2.38. The highest BCUT2D eigenvalue weighted by atomic mass is 16.5. The topological polar surface area (TPSA) is 70.8 Å². The fourth-order valence-electron chi connectivity index (χ4n) is 1.76. The Morgan fingerprint density at radius 3 is 2.35 bits per heavy atom. The van der Waals surface area contributed by atoms with Gasteiger partial charge in [-0.05, 0) is 32.4 Å². The molecule has 0 saturated carbocycles. The summed E-state index contributed by atoms with van der Waals surface area (Å²) in [6.45, 7) is 4.85. The van der Waals surface area contributed by atoms with Crippen molar-refractivity contribution >= 4 is 5.97 Å². The van der Waals surface area contributed by atoms with Gasteiger partial charge in [0.25, 0.3) is 0 Å². The molecule has 0 aliphatic carbocycles. The zero-order chi connectivity index (χ0) is 15.0. The molecule has 20 heavy (non-hydrogen) atoms. The Morgan fingerprint density at radius 1 is 1.25 bits per heavy atom. The standard InChI is InChI=1S/C15H23NO4/c1-4-19-12-7-5-6-8-13(12)20-10-9-15(2,11-16)14(17)18-3/h5-8H,4,9-11,16H2,1-3H3. The summed E-state index contributed by atoms with van der Waals surface area (Å²) in [5.74, 6) is 1.04. The summed E-state index contributed by atoms with van der Waals surface area (Å²) in [5.41, 5.74) is 4.93. The molecule has 0 spiro atoms. The molecule has 0 bridgehead atoms. The van der Waals surface area contributed by atoms with Crippen molar-refractivity contribution in [3.05, 3.63) is 24.3 Å². The summed E-state index contributed by atoms with van der Waals surface area (Å²) in [4.78, 5) is 11.7. The third kappa shape index (κ3) is 4.13. The molecule has 1 aromatic carbocycles. The number of hydrogen-bond acceptors (Lipinski definition) is 5. The number of carbonyl (C=O) groups excluding carboxylic acids is 1. The Labute approximate surface area is 120 Å². The normalized spacial score (nSPS) is 13.4. The molecule has 0 radical (unpaired) electrons. The molecule has 1 atom stereocenters. The van der Waals surface area contributed by atoms with Gasteiger partial charge in [0.1, 0.15) is 0 Å². The molecule has 0 amide bonds. The average molecular weight is 281 g/mol. The van der Waals surface area contributed by atoms with Crippen molar-refractivity contribution in [3.8, 4) is 11.5 Å². The number of carbonyl (C=O) groups is 1. The Hall–Kier alpha value is -1.75. The van der Waals surface area contributed by atoms with Crippen molar-refractivity contribution in [1.29, 1.82) is 0 Å². The van der Waals surface area contributed by atoms with Crippen LogP contribution in [0.2, 0.25) is 0 Å². The Morgan fingerprint density at radius 2 is 1.85 bits per heavy atom. The highest BCUT2D eigenvalue weighted by molar-refractivity contribution is 5.76. The van der Waals surface area contributed by atoms with Crippen LogP contribution in [0, 0.1) is 5.41 Å². The molecule has 0 aromatic heterocycles. The van der Waals surface area contributed by atoms with E-state index < -0.39 is 5.41 Å². The van der Waals surface area contributed by atoms with Crippen LogP contribution in [0.4, 0.5) is 0 Å². The van der Waals surface area contributed by atoms with E-state index in [4.69, 9.17) is 19.9 Å². The highest BCUT2D eigenvalue weighted by Crippen LogP contribution is 2.28. The van der Waals surface area contributed by atoms with Gasteiger partial charge in [0.15, 0.2) is 11.5 Å². The molecular formula is C15H23NO4. The van der Waals surface area contributed by atoms with E-state index in [1.54, 1.807) is 6.92 Å². The lowest BCUT2D eigenvalue weighted by molar-refractivity contribution is -0.151. The van der Waals surface area contributed by atoms with Gasteiger partial charge in [-0.3, -0.25) is 4.79 Å². The van der Waals surface area contributed by atoms with Gasteiger partial charge in [0.2, 0.25) is 0 Å². The maximum absolute atomic E-state index is 11.7. The number of rotatable bonds is 8. The van der Waals surface area contributed by atoms with Gasteiger partial charge in [-0.2, -0.15) is 0 Å². The van der Waals surface area contributed by atoms with Gasteiger partial charge >= 0.3 is 5.97 Å². The largest absolute Gasteiger partial charge is 0.490 e. The molecule has 0 aliphatic rings. The molecular weight excluding hydrogens is 258 g/mol. The van der Waals surface area contributed by atoms with Gasteiger partial charge in [0.05, 0.1) is 25.7 Å². The number of ether oxygens (including phenoxy) is 3. The van der Waals surface area contributed by atoms with Crippen LogP contribution in [-0.4, -0.2) is 32.8 Å². The van der Waals surface area contributed by atoms with Crippen LogP contribution in [0.1, 0.15) is 20.3 Å². The maximum Gasteiger partial charge on any atom is 0.312 e. The lowest BCUT2D eigenvalue weighted by Gasteiger charge is -2.24. The molecule has 0 aliphatic heterocycles. The van der Waals surface area contributed by atoms with Crippen LogP contribution in [0.5, 0.6) is 11.5 Å². The number of nitrogens with two attached hydrogens (primary N) is 1. The molecule has 0 heterocycles. The maximum atomic E-state index is 11.7. The van der Waals surface area contributed by atoms with Crippen molar-refractivity contribution in [2.75, 3.05) is 26.9 Å². The van der Waals surface area contributed by atoms with Crippen LogP contribution in [0.3, 0.4) is 0 Å². The minimum atomic E-state index is -0.727. The van der Waals surface area contributed by atoms with E-state index in [2.05, 4.69) is 0 Å². The third-order valence-electron chi connectivity index (χ3n) is 3.19. The summed E-state index contributed by atoms with van der Waals surface area (Å²) in [6, 6.07) is 7.45.